The summed E-state index contributed by atoms with van der Waals surface area (Å²) in [6.07, 6.45) is 5.42. The van der Waals surface area contributed by atoms with Crippen molar-refractivity contribution in [2.45, 2.75) is 32.7 Å². The van der Waals surface area contributed by atoms with E-state index in [1.165, 1.54) is 0 Å². The molecule has 1 aliphatic heterocycles. The third-order valence-electron chi connectivity index (χ3n) is 4.25. The smallest absolute Gasteiger partial charge is 0.259 e. The first kappa shape index (κ1) is 14.0. The first-order chi connectivity index (χ1) is 10.1. The lowest BCUT2D eigenvalue weighted by Gasteiger charge is -2.37. The number of aryl methyl sites for hydroxylation is 1. The molecule has 2 unspecified atom stereocenters. The first-order valence-electron chi connectivity index (χ1n) is 7.42. The van der Waals surface area contributed by atoms with Crippen molar-refractivity contribution in [3.8, 4) is 0 Å². The number of carbonyl (C=O) groups is 1. The summed E-state index contributed by atoms with van der Waals surface area (Å²) < 4.78 is 1.64. The maximum Gasteiger partial charge on any atom is 0.259 e. The zero-order valence-electron chi connectivity index (χ0n) is 12.5. The SMILES string of the molecule is Cc1ccn2ncc(C(=O)N3CCC(C)CC3CN)c2n1. The summed E-state index contributed by atoms with van der Waals surface area (Å²) in [6.45, 7) is 5.38. The van der Waals surface area contributed by atoms with Gasteiger partial charge in [-0.1, -0.05) is 6.92 Å². The Hall–Kier alpha value is -1.95. The number of fused-ring (bicyclic) bond motifs is 1. The molecule has 1 fully saturated rings. The van der Waals surface area contributed by atoms with E-state index in [9.17, 15) is 4.79 Å². The van der Waals surface area contributed by atoms with Crippen molar-refractivity contribution in [2.75, 3.05) is 13.1 Å². The topological polar surface area (TPSA) is 76.5 Å². The molecule has 112 valence electrons. The second kappa shape index (κ2) is 5.44. The molecule has 0 bridgehead atoms. The summed E-state index contributed by atoms with van der Waals surface area (Å²) in [4.78, 5) is 19.2. The number of carbonyl (C=O) groups excluding carboxylic acids is 1. The molecule has 2 atom stereocenters. The van der Waals surface area contributed by atoms with Gasteiger partial charge in [0.25, 0.3) is 5.91 Å². The molecule has 0 radical (unpaired) electrons. The summed E-state index contributed by atoms with van der Waals surface area (Å²) in [7, 11) is 0. The zero-order valence-corrected chi connectivity index (χ0v) is 12.5. The predicted molar refractivity (Wildman–Crippen MR) is 80.0 cm³/mol. The van der Waals surface area contributed by atoms with Gasteiger partial charge < -0.3 is 10.6 Å². The molecule has 0 aromatic carbocycles. The average Bonchev–Trinajstić information content (AvgIpc) is 2.89. The van der Waals surface area contributed by atoms with Crippen LogP contribution in [-0.2, 0) is 0 Å². The second-order valence-corrected chi connectivity index (χ2v) is 5.91. The third kappa shape index (κ3) is 2.51. The van der Waals surface area contributed by atoms with E-state index >= 15 is 0 Å². The minimum atomic E-state index is -0.00884. The van der Waals surface area contributed by atoms with Crippen LogP contribution in [-0.4, -0.2) is 44.5 Å². The van der Waals surface area contributed by atoms with E-state index in [1.807, 2.05) is 24.1 Å². The highest BCUT2D eigenvalue weighted by Gasteiger charge is 2.31. The monoisotopic (exact) mass is 287 g/mol. The van der Waals surface area contributed by atoms with E-state index in [0.29, 0.717) is 23.7 Å². The number of amides is 1. The van der Waals surface area contributed by atoms with Crippen molar-refractivity contribution in [2.24, 2.45) is 11.7 Å². The summed E-state index contributed by atoms with van der Waals surface area (Å²) >= 11 is 0. The summed E-state index contributed by atoms with van der Waals surface area (Å²) in [5, 5.41) is 4.22. The number of likely N-dealkylation sites (tertiary alicyclic amines) is 1. The van der Waals surface area contributed by atoms with E-state index in [-0.39, 0.29) is 11.9 Å². The van der Waals surface area contributed by atoms with Gasteiger partial charge in [0.15, 0.2) is 5.65 Å². The Morgan fingerprint density at radius 3 is 3.10 bits per heavy atom. The van der Waals surface area contributed by atoms with Gasteiger partial charge in [0.2, 0.25) is 0 Å². The van der Waals surface area contributed by atoms with Crippen LogP contribution in [0.1, 0.15) is 35.8 Å². The van der Waals surface area contributed by atoms with Crippen LogP contribution >= 0.6 is 0 Å². The van der Waals surface area contributed by atoms with E-state index in [0.717, 1.165) is 25.1 Å². The maximum atomic E-state index is 12.8. The van der Waals surface area contributed by atoms with Crippen LogP contribution in [0, 0.1) is 12.8 Å². The van der Waals surface area contributed by atoms with Gasteiger partial charge in [-0.05, 0) is 31.7 Å². The van der Waals surface area contributed by atoms with Crippen molar-refractivity contribution >= 4 is 11.6 Å². The Balaban J connectivity index is 1.94. The Morgan fingerprint density at radius 1 is 1.52 bits per heavy atom. The second-order valence-electron chi connectivity index (χ2n) is 5.91. The van der Waals surface area contributed by atoms with Crippen LogP contribution < -0.4 is 5.73 Å². The molecule has 2 aromatic rings. The Bertz CT molecular complexity index is 665. The number of hydrogen-bond donors (Lipinski definition) is 1. The van der Waals surface area contributed by atoms with Crippen molar-refractivity contribution < 1.29 is 4.79 Å². The Labute approximate surface area is 123 Å². The summed E-state index contributed by atoms with van der Waals surface area (Å²) in [5.74, 6) is 0.609. The van der Waals surface area contributed by atoms with Crippen molar-refractivity contribution in [3.05, 3.63) is 29.7 Å². The molecule has 1 aliphatic rings. The fourth-order valence-electron chi connectivity index (χ4n) is 3.01. The highest BCUT2D eigenvalue weighted by atomic mass is 16.2. The largest absolute Gasteiger partial charge is 0.334 e. The van der Waals surface area contributed by atoms with Crippen molar-refractivity contribution in [3.63, 3.8) is 0 Å². The lowest BCUT2D eigenvalue weighted by molar-refractivity contribution is 0.0575. The Kier molecular flexibility index (Phi) is 3.63. The van der Waals surface area contributed by atoms with Gasteiger partial charge in [0.05, 0.1) is 6.20 Å². The molecular weight excluding hydrogens is 266 g/mol. The number of aromatic nitrogens is 3. The fourth-order valence-corrected chi connectivity index (χ4v) is 3.01. The number of piperidine rings is 1. The van der Waals surface area contributed by atoms with Crippen molar-refractivity contribution in [1.29, 1.82) is 0 Å². The minimum Gasteiger partial charge on any atom is -0.334 e. The molecular formula is C15H21N5O. The molecule has 3 rings (SSSR count). The van der Waals surface area contributed by atoms with E-state index < -0.39 is 0 Å². The Morgan fingerprint density at radius 2 is 2.33 bits per heavy atom. The number of nitrogens with two attached hydrogens (primary N) is 1. The van der Waals surface area contributed by atoms with Gasteiger partial charge in [-0.15, -0.1) is 0 Å². The lowest BCUT2D eigenvalue weighted by atomic mass is 9.92. The molecule has 2 N–H and O–H groups in total. The van der Waals surface area contributed by atoms with Gasteiger partial charge in [0, 0.05) is 31.0 Å². The number of rotatable bonds is 2. The van der Waals surface area contributed by atoms with E-state index in [2.05, 4.69) is 17.0 Å². The summed E-state index contributed by atoms with van der Waals surface area (Å²) in [6, 6.07) is 1.99. The maximum absolute atomic E-state index is 12.8. The van der Waals surface area contributed by atoms with Gasteiger partial charge in [0.1, 0.15) is 5.56 Å². The molecule has 1 saturated heterocycles. The quantitative estimate of drug-likeness (QED) is 0.901. The highest BCUT2D eigenvalue weighted by Crippen LogP contribution is 2.24. The molecule has 0 saturated carbocycles. The van der Waals surface area contributed by atoms with Gasteiger partial charge >= 0.3 is 0 Å². The summed E-state index contributed by atoms with van der Waals surface area (Å²) in [5.41, 5.74) is 7.91. The number of hydrogen-bond acceptors (Lipinski definition) is 4. The van der Waals surface area contributed by atoms with Crippen LogP contribution in [0.4, 0.5) is 0 Å². The van der Waals surface area contributed by atoms with Gasteiger partial charge in [-0.3, -0.25) is 4.79 Å². The average molecular weight is 287 g/mol. The molecule has 2 aromatic heterocycles. The fraction of sp³-hybridized carbons (Fsp3) is 0.533. The normalized spacial score (nSPS) is 22.7. The van der Waals surface area contributed by atoms with Crippen molar-refractivity contribution in [1.82, 2.24) is 19.5 Å². The van der Waals surface area contributed by atoms with Crippen LogP contribution in [0.2, 0.25) is 0 Å². The third-order valence-corrected chi connectivity index (χ3v) is 4.25. The molecule has 1 amide bonds. The van der Waals surface area contributed by atoms with Crippen LogP contribution in [0.15, 0.2) is 18.5 Å². The van der Waals surface area contributed by atoms with Crippen LogP contribution in [0.25, 0.3) is 5.65 Å². The van der Waals surface area contributed by atoms with Gasteiger partial charge in [-0.25, -0.2) is 9.50 Å². The van der Waals surface area contributed by atoms with E-state index in [4.69, 9.17) is 5.73 Å². The first-order valence-corrected chi connectivity index (χ1v) is 7.42. The molecule has 0 aliphatic carbocycles. The lowest BCUT2D eigenvalue weighted by Crippen LogP contribution is -2.49. The van der Waals surface area contributed by atoms with Gasteiger partial charge in [-0.2, -0.15) is 5.10 Å². The highest BCUT2D eigenvalue weighted by molar-refractivity contribution is 5.99. The minimum absolute atomic E-state index is 0.00884. The molecule has 21 heavy (non-hydrogen) atoms. The standard InChI is InChI=1S/C15H21N5O/c1-10-3-5-19(12(7-10)8-16)15(21)13-9-17-20-6-4-11(2)18-14(13)20/h4,6,9-10,12H,3,5,7-8,16H2,1-2H3. The molecule has 3 heterocycles. The molecule has 6 nitrogen and oxygen atoms in total. The zero-order chi connectivity index (χ0) is 15.0. The molecule has 0 spiro atoms. The number of nitrogens with zero attached hydrogens (tertiary/aromatic N) is 4. The van der Waals surface area contributed by atoms with Crippen LogP contribution in [0.3, 0.4) is 0 Å². The van der Waals surface area contributed by atoms with Crippen LogP contribution in [0.5, 0.6) is 0 Å². The predicted octanol–water partition coefficient (Wildman–Crippen LogP) is 1.24. The molecule has 6 heteroatoms. The van der Waals surface area contributed by atoms with E-state index in [1.54, 1.807) is 10.7 Å².